The van der Waals surface area contributed by atoms with Crippen LogP contribution < -0.4 is 0 Å². The van der Waals surface area contributed by atoms with E-state index >= 15 is 0 Å². The van der Waals surface area contributed by atoms with Gasteiger partial charge >= 0.3 is 39.5 Å². The molecule has 552 valence electrons. The summed E-state index contributed by atoms with van der Waals surface area (Å²) in [6, 6.07) is 0. The summed E-state index contributed by atoms with van der Waals surface area (Å²) >= 11 is 0. The molecule has 0 aromatic rings. The van der Waals surface area contributed by atoms with Crippen molar-refractivity contribution < 1.29 is 80.2 Å². The predicted octanol–water partition coefficient (Wildman–Crippen LogP) is 21.0. The molecule has 0 fully saturated rings. The first-order chi connectivity index (χ1) is 46.7. The number of aliphatic hydroxyl groups is 1. The summed E-state index contributed by atoms with van der Waals surface area (Å²) in [5, 5.41) is 10.6. The van der Waals surface area contributed by atoms with Crippen LogP contribution in [0.25, 0.3) is 0 Å². The highest BCUT2D eigenvalue weighted by molar-refractivity contribution is 7.47. The second kappa shape index (κ2) is 69.2. The van der Waals surface area contributed by atoms with Gasteiger partial charge in [-0.05, 0) is 148 Å². The van der Waals surface area contributed by atoms with E-state index in [0.717, 1.165) is 167 Å². The van der Waals surface area contributed by atoms with Crippen LogP contribution in [0.4, 0.5) is 0 Å². The van der Waals surface area contributed by atoms with Gasteiger partial charge in [0.2, 0.25) is 0 Å². The molecule has 0 heterocycles. The molecule has 0 bridgehead atoms. The van der Waals surface area contributed by atoms with Crippen molar-refractivity contribution in [1.29, 1.82) is 0 Å². The van der Waals surface area contributed by atoms with E-state index in [0.29, 0.717) is 25.7 Å². The van der Waals surface area contributed by atoms with Crippen LogP contribution in [0, 0.1) is 0 Å². The first-order valence-corrected chi connectivity index (χ1v) is 40.1. The molecule has 17 nitrogen and oxygen atoms in total. The average Bonchev–Trinajstić information content (AvgIpc) is 1.09. The van der Waals surface area contributed by atoms with Crippen LogP contribution >= 0.6 is 15.6 Å². The van der Waals surface area contributed by atoms with Gasteiger partial charge in [0.1, 0.15) is 19.3 Å². The largest absolute Gasteiger partial charge is 0.472 e. The summed E-state index contributed by atoms with van der Waals surface area (Å²) in [7, 11) is -9.96. The molecule has 0 amide bonds. The maximum atomic E-state index is 13.1. The standard InChI is InChI=1S/C77H132O17P2/c1-5-9-13-17-21-25-29-32-35-38-42-45-49-53-57-61-74(79)87-67-72(93-76(81)63-59-55-51-47-41-28-24-20-16-12-8-4)69-91-95(83,84)89-65-71(78)66-90-96(85,86)92-70-73(94-77(82)64-60-56-52-48-44-40-37-34-31-27-23-19-15-11-7-3)68-88-75(80)62-58-54-50-46-43-39-36-33-30-26-22-18-14-10-6-2/h10,14,20-27,32-37,43,46,71-73,78H,5-9,11-13,15-19,28-31,38-42,44-45,47-70H2,1-4H3,(H,83,84)(H,85,86)/b14-10-,24-20-,25-21-,26-22-,27-23-,35-32-,36-33-,37-34-,46-43-. The van der Waals surface area contributed by atoms with E-state index in [-0.39, 0.29) is 25.7 Å². The number of phosphoric acid groups is 2. The molecule has 0 rings (SSSR count). The molecule has 0 spiro atoms. The van der Waals surface area contributed by atoms with Crippen LogP contribution in [-0.2, 0) is 65.4 Å². The minimum atomic E-state index is -4.99. The van der Waals surface area contributed by atoms with E-state index in [4.69, 9.17) is 37.0 Å². The molecule has 5 atom stereocenters. The minimum Gasteiger partial charge on any atom is -0.462 e. The number of hydrogen-bond acceptors (Lipinski definition) is 15. The molecule has 0 radical (unpaired) electrons. The van der Waals surface area contributed by atoms with Gasteiger partial charge in [0.15, 0.2) is 12.2 Å². The summed E-state index contributed by atoms with van der Waals surface area (Å²) in [5.41, 5.74) is 0. The van der Waals surface area contributed by atoms with Crippen LogP contribution in [0.5, 0.6) is 0 Å². The Labute approximate surface area is 581 Å². The number of unbranched alkanes of at least 4 members (excludes halogenated alkanes) is 25. The summed E-state index contributed by atoms with van der Waals surface area (Å²) < 4.78 is 68.3. The minimum absolute atomic E-state index is 0.0681. The number of ether oxygens (including phenoxy) is 4. The molecular formula is C77H132O17P2. The summed E-state index contributed by atoms with van der Waals surface area (Å²) in [4.78, 5) is 72.7. The Kier molecular flexibility index (Phi) is 66.1. The molecule has 0 aliphatic heterocycles. The van der Waals surface area contributed by atoms with Crippen LogP contribution in [0.1, 0.15) is 297 Å². The number of phosphoric ester groups is 2. The van der Waals surface area contributed by atoms with Crippen molar-refractivity contribution in [3.63, 3.8) is 0 Å². The summed E-state index contributed by atoms with van der Waals surface area (Å²) in [6.45, 7) is 4.57. The lowest BCUT2D eigenvalue weighted by Crippen LogP contribution is -2.30. The highest BCUT2D eigenvalue weighted by Gasteiger charge is 2.30. The molecule has 0 aromatic carbocycles. The Bertz CT molecular complexity index is 2250. The van der Waals surface area contributed by atoms with Gasteiger partial charge in [0, 0.05) is 25.7 Å². The molecule has 19 heteroatoms. The van der Waals surface area contributed by atoms with Crippen LogP contribution in [0.3, 0.4) is 0 Å². The monoisotopic (exact) mass is 1390 g/mol. The van der Waals surface area contributed by atoms with Crippen LogP contribution in [0.15, 0.2) is 109 Å². The van der Waals surface area contributed by atoms with Gasteiger partial charge in [-0.25, -0.2) is 9.13 Å². The topological polar surface area (TPSA) is 237 Å². The van der Waals surface area contributed by atoms with Crippen molar-refractivity contribution in [2.75, 3.05) is 39.6 Å². The van der Waals surface area contributed by atoms with Crippen molar-refractivity contribution >= 4 is 39.5 Å². The maximum Gasteiger partial charge on any atom is 0.472 e. The molecule has 0 aromatic heterocycles. The Morgan fingerprint density at radius 1 is 0.302 bits per heavy atom. The van der Waals surface area contributed by atoms with E-state index in [9.17, 15) is 43.2 Å². The van der Waals surface area contributed by atoms with Gasteiger partial charge in [0.05, 0.1) is 26.4 Å². The molecule has 0 saturated heterocycles. The highest BCUT2D eigenvalue weighted by Crippen LogP contribution is 2.45. The van der Waals surface area contributed by atoms with Gasteiger partial charge in [-0.1, -0.05) is 233 Å². The molecule has 0 aliphatic rings. The van der Waals surface area contributed by atoms with E-state index < -0.39 is 97.5 Å². The zero-order valence-electron chi connectivity index (χ0n) is 60.0. The van der Waals surface area contributed by atoms with Crippen molar-refractivity contribution in [3.05, 3.63) is 109 Å². The Morgan fingerprint density at radius 3 is 0.896 bits per heavy atom. The van der Waals surface area contributed by atoms with Crippen molar-refractivity contribution in [2.24, 2.45) is 0 Å². The second-order valence-corrected chi connectivity index (χ2v) is 27.4. The van der Waals surface area contributed by atoms with E-state index in [1.165, 1.54) is 51.4 Å². The number of carbonyl (C=O) groups excluding carboxylic acids is 4. The summed E-state index contributed by atoms with van der Waals surface area (Å²) in [6.07, 6.45) is 72.3. The predicted molar refractivity (Wildman–Crippen MR) is 390 cm³/mol. The fraction of sp³-hybridized carbons (Fsp3) is 0.714. The third-order valence-electron chi connectivity index (χ3n) is 15.2. The zero-order valence-corrected chi connectivity index (χ0v) is 61.8. The SMILES string of the molecule is CC/C=C\C/C=C\C/C=C\C/C=C\CCCCC(=O)OCC(COP(=O)(O)OCC(O)COP(=O)(O)OCC(COC(=O)CCCCCCC/C=C\C/C=C\CCCCC)OC(=O)CCCCCCC/C=C\CCCC)OC(=O)CCCCCCC/C=C\C/C=C\CCCCC. The number of allylic oxidation sites excluding steroid dienone is 18. The van der Waals surface area contributed by atoms with Gasteiger partial charge < -0.3 is 33.8 Å². The molecule has 5 unspecified atom stereocenters. The van der Waals surface area contributed by atoms with Crippen molar-refractivity contribution in [2.45, 2.75) is 316 Å². The lowest BCUT2D eigenvalue weighted by atomic mass is 10.1. The van der Waals surface area contributed by atoms with Crippen molar-refractivity contribution in [1.82, 2.24) is 0 Å². The lowest BCUT2D eigenvalue weighted by molar-refractivity contribution is -0.161. The molecule has 0 saturated carbocycles. The number of aliphatic hydroxyl groups excluding tert-OH is 1. The van der Waals surface area contributed by atoms with Crippen LogP contribution in [-0.4, -0.2) is 96.7 Å². The van der Waals surface area contributed by atoms with Crippen LogP contribution in [0.2, 0.25) is 0 Å². The average molecular weight is 1390 g/mol. The summed E-state index contributed by atoms with van der Waals surface area (Å²) in [5.74, 6) is -2.26. The smallest absolute Gasteiger partial charge is 0.462 e. The Morgan fingerprint density at radius 2 is 0.552 bits per heavy atom. The van der Waals surface area contributed by atoms with Gasteiger partial charge in [-0.3, -0.25) is 37.3 Å². The van der Waals surface area contributed by atoms with Crippen molar-refractivity contribution in [3.8, 4) is 0 Å². The van der Waals surface area contributed by atoms with E-state index in [2.05, 4.69) is 137 Å². The van der Waals surface area contributed by atoms with E-state index in [1.807, 2.05) is 0 Å². The number of carbonyl (C=O) groups is 4. The molecule has 96 heavy (non-hydrogen) atoms. The fourth-order valence-corrected chi connectivity index (χ4v) is 11.1. The Hall–Kier alpha value is -4.28. The first-order valence-electron chi connectivity index (χ1n) is 37.1. The normalized spacial score (nSPS) is 14.6. The number of hydrogen-bond donors (Lipinski definition) is 3. The number of rotatable bonds is 69. The highest BCUT2D eigenvalue weighted by atomic mass is 31.2. The molecule has 0 aliphatic carbocycles. The van der Waals surface area contributed by atoms with Gasteiger partial charge in [-0.15, -0.1) is 0 Å². The fourth-order valence-electron chi connectivity index (χ4n) is 9.49. The molecular weight excluding hydrogens is 1260 g/mol. The molecule has 3 N–H and O–H groups in total. The zero-order chi connectivity index (χ0) is 70.4. The number of esters is 4. The van der Waals surface area contributed by atoms with E-state index in [1.54, 1.807) is 0 Å². The Balaban J connectivity index is 5.39. The first kappa shape index (κ1) is 91.7. The van der Waals surface area contributed by atoms with Gasteiger partial charge in [-0.2, -0.15) is 0 Å². The van der Waals surface area contributed by atoms with Gasteiger partial charge in [0.25, 0.3) is 0 Å². The third kappa shape index (κ3) is 68.3. The maximum absolute atomic E-state index is 13.1. The third-order valence-corrected chi connectivity index (χ3v) is 17.1. The lowest BCUT2D eigenvalue weighted by Gasteiger charge is -2.21. The quantitative estimate of drug-likeness (QED) is 0.0169. The second-order valence-electron chi connectivity index (χ2n) is 24.5.